The fraction of sp³-hybridized carbons (Fsp3) is 1.00. The third-order valence-electron chi connectivity index (χ3n) is 4.31. The maximum atomic E-state index is 11.6. The SMILES string of the molecule is CCC(C(O)(CC)CC)C(CC)(P(=O)([O-])[O-])P(=O)([O-])[O-]. The molecular formula is C11H22O7P2-4. The van der Waals surface area contributed by atoms with Crippen molar-refractivity contribution in [2.24, 2.45) is 5.92 Å². The van der Waals surface area contributed by atoms with Gasteiger partial charge in [0, 0.05) is 10.8 Å². The van der Waals surface area contributed by atoms with Gasteiger partial charge in [0.05, 0.1) is 5.60 Å². The normalized spacial score (nSPS) is 16.2. The summed E-state index contributed by atoms with van der Waals surface area (Å²) in [6, 6.07) is 0. The second-order valence-electron chi connectivity index (χ2n) is 5.00. The molecule has 9 heteroatoms. The summed E-state index contributed by atoms with van der Waals surface area (Å²) in [5.41, 5.74) is -1.69. The Kier molecular flexibility index (Phi) is 6.66. The van der Waals surface area contributed by atoms with E-state index >= 15 is 0 Å². The zero-order valence-electron chi connectivity index (χ0n) is 12.2. The molecule has 0 aliphatic rings. The molecule has 7 nitrogen and oxygen atoms in total. The third-order valence-corrected chi connectivity index (χ3v) is 8.93. The van der Waals surface area contributed by atoms with Crippen LogP contribution in [0.2, 0.25) is 0 Å². The van der Waals surface area contributed by atoms with Crippen LogP contribution in [-0.4, -0.2) is 15.6 Å². The minimum absolute atomic E-state index is 0.0454. The minimum atomic E-state index is -5.77. The molecule has 0 bridgehead atoms. The molecule has 0 aliphatic carbocycles. The molecule has 0 amide bonds. The zero-order chi connectivity index (χ0) is 16.4. The third kappa shape index (κ3) is 3.20. The maximum Gasteiger partial charge on any atom is 0.0683 e. The van der Waals surface area contributed by atoms with Crippen LogP contribution in [0.25, 0.3) is 0 Å². The van der Waals surface area contributed by atoms with Gasteiger partial charge in [0.1, 0.15) is 0 Å². The van der Waals surface area contributed by atoms with Crippen molar-refractivity contribution in [1.29, 1.82) is 0 Å². The summed E-state index contributed by atoms with van der Waals surface area (Å²) in [6.45, 7) is 5.72. The Morgan fingerprint density at radius 1 is 0.900 bits per heavy atom. The first-order valence-electron chi connectivity index (χ1n) is 6.64. The lowest BCUT2D eigenvalue weighted by Gasteiger charge is -2.65. The van der Waals surface area contributed by atoms with Crippen LogP contribution in [0.4, 0.5) is 0 Å². The van der Waals surface area contributed by atoms with E-state index in [0.29, 0.717) is 0 Å². The van der Waals surface area contributed by atoms with Crippen LogP contribution in [0, 0.1) is 5.92 Å². The van der Waals surface area contributed by atoms with Crippen LogP contribution in [0.1, 0.15) is 53.4 Å². The molecule has 0 aromatic heterocycles. The summed E-state index contributed by atoms with van der Waals surface area (Å²) in [7, 11) is -11.5. The molecule has 0 aliphatic heterocycles. The van der Waals surface area contributed by atoms with Crippen molar-refractivity contribution in [3.05, 3.63) is 0 Å². The molecule has 1 N–H and O–H groups in total. The molecule has 20 heavy (non-hydrogen) atoms. The van der Waals surface area contributed by atoms with Crippen LogP contribution in [0.15, 0.2) is 0 Å². The maximum absolute atomic E-state index is 11.6. The smallest absolute Gasteiger partial charge is 0.0683 e. The average Bonchev–Trinajstić information content (AvgIpc) is 2.31. The molecule has 0 saturated heterocycles. The lowest BCUT2D eigenvalue weighted by atomic mass is 9.78. The van der Waals surface area contributed by atoms with Gasteiger partial charge < -0.3 is 33.8 Å². The Balaban J connectivity index is 6.39. The van der Waals surface area contributed by atoms with E-state index < -0.39 is 38.0 Å². The van der Waals surface area contributed by atoms with Crippen LogP contribution in [0.5, 0.6) is 0 Å². The highest BCUT2D eigenvalue weighted by Crippen LogP contribution is 2.69. The fourth-order valence-corrected chi connectivity index (χ4v) is 6.63. The van der Waals surface area contributed by atoms with Crippen molar-refractivity contribution in [3.8, 4) is 0 Å². The van der Waals surface area contributed by atoms with Gasteiger partial charge in [0.25, 0.3) is 0 Å². The van der Waals surface area contributed by atoms with Gasteiger partial charge in [-0.3, -0.25) is 0 Å². The van der Waals surface area contributed by atoms with Crippen molar-refractivity contribution in [2.75, 3.05) is 0 Å². The highest BCUT2D eigenvalue weighted by Gasteiger charge is 2.50. The first-order valence-corrected chi connectivity index (χ1v) is 9.73. The van der Waals surface area contributed by atoms with Crippen molar-refractivity contribution in [2.45, 2.75) is 63.9 Å². The van der Waals surface area contributed by atoms with E-state index in [1.807, 2.05) is 0 Å². The topological polar surface area (TPSA) is 147 Å². The van der Waals surface area contributed by atoms with Gasteiger partial charge >= 0.3 is 0 Å². The van der Waals surface area contributed by atoms with Gasteiger partial charge in [-0.05, 0) is 25.7 Å². The van der Waals surface area contributed by atoms with E-state index in [2.05, 4.69) is 0 Å². The fourth-order valence-electron chi connectivity index (χ4n) is 3.05. The first-order chi connectivity index (χ1) is 8.87. The van der Waals surface area contributed by atoms with E-state index in [1.165, 1.54) is 13.8 Å². The molecule has 0 spiro atoms. The molecule has 122 valence electrons. The largest absolute Gasteiger partial charge is 0.810 e. The predicted octanol–water partition coefficient (Wildman–Crippen LogP) is -0.503. The van der Waals surface area contributed by atoms with E-state index in [4.69, 9.17) is 0 Å². The van der Waals surface area contributed by atoms with E-state index in [9.17, 15) is 33.8 Å². The summed E-state index contributed by atoms with van der Waals surface area (Å²) in [5.74, 6) is -1.45. The number of hydrogen-bond donors (Lipinski definition) is 1. The van der Waals surface area contributed by atoms with Gasteiger partial charge in [0.15, 0.2) is 0 Å². The van der Waals surface area contributed by atoms with Crippen molar-refractivity contribution in [1.82, 2.24) is 0 Å². The second-order valence-corrected chi connectivity index (χ2v) is 8.94. The molecule has 0 radical (unpaired) electrons. The van der Waals surface area contributed by atoms with Crippen LogP contribution in [0.3, 0.4) is 0 Å². The zero-order valence-corrected chi connectivity index (χ0v) is 14.0. The lowest BCUT2D eigenvalue weighted by Crippen LogP contribution is -2.57. The van der Waals surface area contributed by atoms with E-state index in [0.717, 1.165) is 0 Å². The summed E-state index contributed by atoms with van der Waals surface area (Å²) in [6.07, 6.45) is -0.676. The van der Waals surface area contributed by atoms with Crippen molar-refractivity contribution in [3.63, 3.8) is 0 Å². The summed E-state index contributed by atoms with van der Waals surface area (Å²) < 4.78 is 23.2. The van der Waals surface area contributed by atoms with Crippen molar-refractivity contribution >= 4 is 15.2 Å². The molecule has 0 aromatic carbocycles. The van der Waals surface area contributed by atoms with Crippen molar-refractivity contribution < 1.29 is 33.8 Å². The van der Waals surface area contributed by atoms with Gasteiger partial charge in [-0.15, -0.1) is 0 Å². The van der Waals surface area contributed by atoms with Crippen LogP contribution >= 0.6 is 15.2 Å². The summed E-state index contributed by atoms with van der Waals surface area (Å²) in [5, 5.41) is 10.5. The summed E-state index contributed by atoms with van der Waals surface area (Å²) in [4.78, 5) is 43.4. The Morgan fingerprint density at radius 2 is 1.25 bits per heavy atom. The van der Waals surface area contributed by atoms with Gasteiger partial charge in [0.2, 0.25) is 0 Å². The molecule has 0 aromatic rings. The molecular weight excluding hydrogens is 306 g/mol. The van der Waals surface area contributed by atoms with Crippen LogP contribution in [-0.2, 0) is 9.13 Å². The summed E-state index contributed by atoms with van der Waals surface area (Å²) >= 11 is 0. The van der Waals surface area contributed by atoms with Crippen LogP contribution < -0.4 is 19.6 Å². The second kappa shape index (κ2) is 6.57. The molecule has 0 fully saturated rings. The number of aliphatic hydroxyl groups is 1. The van der Waals surface area contributed by atoms with E-state index in [-0.39, 0.29) is 19.3 Å². The molecule has 1 atom stereocenters. The molecule has 0 heterocycles. The van der Waals surface area contributed by atoms with E-state index in [1.54, 1.807) is 13.8 Å². The highest BCUT2D eigenvalue weighted by atomic mass is 31.2. The Bertz CT molecular complexity index is 385. The Morgan fingerprint density at radius 3 is 1.40 bits per heavy atom. The highest BCUT2D eigenvalue weighted by molar-refractivity contribution is 7.69. The molecule has 0 saturated carbocycles. The van der Waals surface area contributed by atoms with Gasteiger partial charge in [-0.25, -0.2) is 0 Å². The quantitative estimate of drug-likeness (QED) is 0.590. The monoisotopic (exact) mass is 328 g/mol. The standard InChI is InChI=1S/C11H26O7P2/c1-5-9(10(12,6-2)7-3)11(8-4,19(13,14)15)20(16,17)18/h9,12H,5-8H2,1-4H3,(H2,13,14,15)(H2,16,17,18)/p-4. The number of hydrogen-bond acceptors (Lipinski definition) is 7. The van der Waals surface area contributed by atoms with Gasteiger partial charge in [-0.1, -0.05) is 42.9 Å². The first kappa shape index (κ1) is 20.3. The molecule has 0 rings (SSSR count). The Hall–Kier alpha value is 0.260. The van der Waals surface area contributed by atoms with Gasteiger partial charge in [-0.2, -0.15) is 0 Å². The number of rotatable bonds is 8. The lowest BCUT2D eigenvalue weighted by molar-refractivity contribution is -0.341. The molecule has 1 unspecified atom stereocenters. The minimum Gasteiger partial charge on any atom is -0.810 e. The predicted molar refractivity (Wildman–Crippen MR) is 67.5 cm³/mol. The average molecular weight is 328 g/mol. The Labute approximate surface area is 119 Å².